The first-order valence-electron chi connectivity index (χ1n) is 22.6. The Morgan fingerprint density at radius 3 is 2.06 bits per heavy atom. The number of pyridine rings is 1. The van der Waals surface area contributed by atoms with Crippen LogP contribution in [-0.2, 0) is 16.2 Å². The fourth-order valence-electron chi connectivity index (χ4n) is 10.2. The predicted molar refractivity (Wildman–Crippen MR) is 268 cm³/mol. The zero-order valence-electron chi connectivity index (χ0n) is 38.1. The lowest BCUT2D eigenvalue weighted by molar-refractivity contribution is 0.483. The molecule has 7 aromatic carbocycles. The van der Waals surface area contributed by atoms with Crippen molar-refractivity contribution in [2.24, 2.45) is 0 Å². The summed E-state index contributed by atoms with van der Waals surface area (Å²) in [6.45, 7) is 19.0. The Bertz CT molecular complexity index is 3290. The monoisotopic (exact) mass is 834 g/mol. The van der Waals surface area contributed by atoms with Crippen molar-refractivity contribution >= 4 is 44.6 Å². The van der Waals surface area contributed by atoms with E-state index in [4.69, 9.17) is 9.72 Å². The van der Waals surface area contributed by atoms with Gasteiger partial charge in [-0.25, -0.2) is 4.98 Å². The van der Waals surface area contributed by atoms with Gasteiger partial charge in [0, 0.05) is 51.3 Å². The number of benzene rings is 7. The molecule has 64 heavy (non-hydrogen) atoms. The summed E-state index contributed by atoms with van der Waals surface area (Å²) < 4.78 is 9.11. The van der Waals surface area contributed by atoms with Crippen LogP contribution < -0.4 is 14.5 Å². The van der Waals surface area contributed by atoms with Crippen LogP contribution in [0.1, 0.15) is 77.6 Å². The third kappa shape index (κ3) is 6.39. The first-order valence-corrected chi connectivity index (χ1v) is 22.6. The standard InChI is InChI=1S/C59H54N4O/c1-57(2,3)39-25-30-51-53(33-39)62(56-44(38-17-10-9-11-18-38)28-29-49-55(56)47-22-12-14-23-48(47)59(49,7)8)37-61(51)41-19-16-20-42(35-41)64-43-26-27-46-45-21-13-15-24-50(45)63(52(46)36-43)54-34-40(31-32-60-54)58(4,5)6/h9-36H,37H2,1-8H3. The van der Waals surface area contributed by atoms with Gasteiger partial charge in [0.05, 0.1) is 28.1 Å². The number of aromatic nitrogens is 2. The van der Waals surface area contributed by atoms with E-state index >= 15 is 0 Å². The molecular formula is C59H54N4O. The van der Waals surface area contributed by atoms with E-state index in [2.05, 4.69) is 234 Å². The van der Waals surface area contributed by atoms with Gasteiger partial charge in [-0.3, -0.25) is 4.57 Å². The Labute approximate surface area is 377 Å². The van der Waals surface area contributed by atoms with Gasteiger partial charge in [-0.2, -0.15) is 0 Å². The number of fused-ring (bicyclic) bond motifs is 7. The van der Waals surface area contributed by atoms with Crippen molar-refractivity contribution in [2.45, 2.75) is 71.6 Å². The maximum Gasteiger partial charge on any atom is 0.137 e. The van der Waals surface area contributed by atoms with E-state index in [1.54, 1.807) is 0 Å². The first-order chi connectivity index (χ1) is 30.8. The fraction of sp³-hybridized carbons (Fsp3) is 0.203. The lowest BCUT2D eigenvalue weighted by Gasteiger charge is -2.29. The van der Waals surface area contributed by atoms with Gasteiger partial charge in [0.2, 0.25) is 0 Å². The summed E-state index contributed by atoms with van der Waals surface area (Å²) in [5.41, 5.74) is 17.0. The summed E-state index contributed by atoms with van der Waals surface area (Å²) in [6.07, 6.45) is 1.93. The van der Waals surface area contributed by atoms with E-state index in [1.807, 2.05) is 6.20 Å². The van der Waals surface area contributed by atoms with Crippen LogP contribution in [0.5, 0.6) is 11.5 Å². The van der Waals surface area contributed by atoms with E-state index in [1.165, 1.54) is 67.0 Å². The zero-order valence-corrected chi connectivity index (χ0v) is 38.1. The Hall–Kier alpha value is -7.11. The second-order valence-electron chi connectivity index (χ2n) is 20.2. The molecule has 0 radical (unpaired) electrons. The molecule has 0 N–H and O–H groups in total. The average molecular weight is 835 g/mol. The highest BCUT2D eigenvalue weighted by Crippen LogP contribution is 2.58. The van der Waals surface area contributed by atoms with E-state index in [0.717, 1.165) is 39.4 Å². The average Bonchev–Trinajstić information content (AvgIpc) is 3.91. The Balaban J connectivity index is 1.03. The summed E-state index contributed by atoms with van der Waals surface area (Å²) in [5.74, 6) is 2.45. The molecule has 0 saturated carbocycles. The zero-order chi connectivity index (χ0) is 44.1. The van der Waals surface area contributed by atoms with E-state index < -0.39 is 0 Å². The lowest BCUT2D eigenvalue weighted by atomic mass is 9.82. The van der Waals surface area contributed by atoms with Crippen molar-refractivity contribution in [2.75, 3.05) is 16.5 Å². The Morgan fingerprint density at radius 1 is 0.531 bits per heavy atom. The van der Waals surface area contributed by atoms with Gasteiger partial charge in [-0.05, 0) is 98.8 Å². The smallest absolute Gasteiger partial charge is 0.137 e. The Morgan fingerprint density at radius 2 is 1.25 bits per heavy atom. The normalized spacial score (nSPS) is 14.2. The highest BCUT2D eigenvalue weighted by molar-refractivity contribution is 6.09. The van der Waals surface area contributed by atoms with Crippen molar-refractivity contribution in [3.8, 4) is 39.6 Å². The molecule has 5 nitrogen and oxygen atoms in total. The molecule has 3 heterocycles. The molecule has 9 aromatic rings. The number of hydrogen-bond acceptors (Lipinski definition) is 4. The van der Waals surface area contributed by atoms with E-state index in [9.17, 15) is 0 Å². The molecule has 0 atom stereocenters. The highest BCUT2D eigenvalue weighted by Gasteiger charge is 2.41. The molecule has 0 fully saturated rings. The Kier molecular flexibility index (Phi) is 8.98. The number of hydrogen-bond donors (Lipinski definition) is 0. The SMILES string of the molecule is CC(C)(C)c1ccnc(-n2c3ccccc3c3ccc(Oc4cccc(N5CN(c6c(-c7ccccc7)ccc7c6-c6ccccc6C7(C)C)c6cc(C(C)(C)C)ccc65)c4)cc32)c1. The molecular weight excluding hydrogens is 781 g/mol. The van der Waals surface area contributed by atoms with Gasteiger partial charge < -0.3 is 14.5 Å². The number of nitrogens with zero attached hydrogens (tertiary/aromatic N) is 4. The van der Waals surface area contributed by atoms with Crippen LogP contribution in [0, 0.1) is 0 Å². The van der Waals surface area contributed by atoms with Crippen LogP contribution in [0.25, 0.3) is 49.9 Å². The fourth-order valence-corrected chi connectivity index (χ4v) is 10.2. The molecule has 2 aliphatic rings. The van der Waals surface area contributed by atoms with E-state index in [-0.39, 0.29) is 16.2 Å². The molecule has 1 aliphatic carbocycles. The van der Waals surface area contributed by atoms with E-state index in [0.29, 0.717) is 6.67 Å². The van der Waals surface area contributed by atoms with Crippen molar-refractivity contribution in [3.63, 3.8) is 0 Å². The molecule has 0 saturated heterocycles. The molecule has 0 amide bonds. The quantitative estimate of drug-likeness (QED) is 0.167. The number of anilines is 4. The third-order valence-corrected chi connectivity index (χ3v) is 13.6. The minimum absolute atomic E-state index is 0.00877. The molecule has 0 bridgehead atoms. The van der Waals surface area contributed by atoms with Crippen LogP contribution >= 0.6 is 0 Å². The maximum absolute atomic E-state index is 6.84. The van der Waals surface area contributed by atoms with Crippen LogP contribution in [0.15, 0.2) is 170 Å². The molecule has 2 aromatic heterocycles. The van der Waals surface area contributed by atoms with Crippen molar-refractivity contribution in [1.29, 1.82) is 0 Å². The third-order valence-electron chi connectivity index (χ3n) is 13.6. The van der Waals surface area contributed by atoms with Crippen LogP contribution in [0.3, 0.4) is 0 Å². The van der Waals surface area contributed by atoms with Crippen molar-refractivity contribution in [3.05, 3.63) is 192 Å². The van der Waals surface area contributed by atoms with Gasteiger partial charge in [0.15, 0.2) is 0 Å². The number of rotatable bonds is 6. The largest absolute Gasteiger partial charge is 0.457 e. The first kappa shape index (κ1) is 39.7. The molecule has 5 heteroatoms. The summed E-state index contributed by atoms with van der Waals surface area (Å²) in [4.78, 5) is 9.93. The molecule has 0 spiro atoms. The van der Waals surface area contributed by atoms with Crippen LogP contribution in [-0.4, -0.2) is 16.2 Å². The van der Waals surface area contributed by atoms with Gasteiger partial charge >= 0.3 is 0 Å². The molecule has 11 rings (SSSR count). The van der Waals surface area contributed by atoms with Gasteiger partial charge in [-0.15, -0.1) is 0 Å². The second-order valence-corrected chi connectivity index (χ2v) is 20.2. The topological polar surface area (TPSA) is 33.5 Å². The van der Waals surface area contributed by atoms with Crippen LogP contribution in [0.2, 0.25) is 0 Å². The van der Waals surface area contributed by atoms with Crippen molar-refractivity contribution < 1.29 is 4.74 Å². The minimum atomic E-state index is -0.137. The predicted octanol–water partition coefficient (Wildman–Crippen LogP) is 15.8. The summed E-state index contributed by atoms with van der Waals surface area (Å²) >= 11 is 0. The number of para-hydroxylation sites is 1. The van der Waals surface area contributed by atoms with Crippen molar-refractivity contribution in [1.82, 2.24) is 9.55 Å². The summed E-state index contributed by atoms with van der Waals surface area (Å²) in [7, 11) is 0. The molecule has 0 unspecified atom stereocenters. The lowest BCUT2D eigenvalue weighted by Crippen LogP contribution is -2.25. The highest BCUT2D eigenvalue weighted by atomic mass is 16.5. The second kappa shape index (κ2) is 14.5. The minimum Gasteiger partial charge on any atom is -0.457 e. The molecule has 1 aliphatic heterocycles. The number of ether oxygens (including phenoxy) is 1. The van der Waals surface area contributed by atoms with Crippen LogP contribution in [0.4, 0.5) is 22.7 Å². The maximum atomic E-state index is 6.84. The summed E-state index contributed by atoms with van der Waals surface area (Å²) in [6, 6.07) is 59.6. The van der Waals surface area contributed by atoms with Gasteiger partial charge in [-0.1, -0.05) is 152 Å². The molecule has 316 valence electrons. The van der Waals surface area contributed by atoms with Gasteiger partial charge in [0.25, 0.3) is 0 Å². The summed E-state index contributed by atoms with van der Waals surface area (Å²) in [5, 5.41) is 2.35. The van der Waals surface area contributed by atoms with Gasteiger partial charge in [0.1, 0.15) is 24.0 Å².